The zero-order chi connectivity index (χ0) is 23.7. The fourth-order valence-electron chi connectivity index (χ4n) is 3.21. The molecule has 0 aliphatic rings. The number of ether oxygens (including phenoxy) is 1. The first-order chi connectivity index (χ1) is 16.5. The minimum Gasteiger partial charge on any atom is -0.482 e. The molecule has 1 N–H and O–H groups in total. The topological polar surface area (TPSA) is 81.4 Å². The van der Waals surface area contributed by atoms with E-state index in [1.807, 2.05) is 47.8 Å². The van der Waals surface area contributed by atoms with Crippen molar-refractivity contribution < 1.29 is 9.53 Å². The summed E-state index contributed by atoms with van der Waals surface area (Å²) in [5.74, 6) is 0.587. The smallest absolute Gasteiger partial charge is 0.262 e. The number of aromatic nitrogens is 4. The molecule has 3 heterocycles. The summed E-state index contributed by atoms with van der Waals surface area (Å²) in [4.78, 5) is 13.4. The zero-order valence-electron chi connectivity index (χ0n) is 17.2. The Kier molecular flexibility index (Phi) is 6.38. The Bertz CT molecular complexity index is 1500. The van der Waals surface area contributed by atoms with Gasteiger partial charge in [-0.25, -0.2) is 0 Å². The number of hydrogen-bond acceptors (Lipinski definition) is 6. The molecule has 7 nitrogen and oxygen atoms in total. The molecule has 0 radical (unpaired) electrons. The molecule has 3 aromatic heterocycles. The van der Waals surface area contributed by atoms with Crippen LogP contribution in [-0.2, 0) is 4.79 Å². The van der Waals surface area contributed by atoms with E-state index >= 15 is 0 Å². The van der Waals surface area contributed by atoms with Gasteiger partial charge in [-0.3, -0.25) is 4.79 Å². The molecule has 0 spiro atoms. The van der Waals surface area contributed by atoms with Crippen molar-refractivity contribution in [3.63, 3.8) is 0 Å². The van der Waals surface area contributed by atoms with Gasteiger partial charge in [-0.1, -0.05) is 53.0 Å². The number of carbonyl (C=O) groups is 1. The maximum atomic E-state index is 12.4. The number of fused-ring (bicyclic) bond motifs is 1. The number of carbonyl (C=O) groups excluding carboxylic acids is 1. The van der Waals surface area contributed by atoms with Crippen molar-refractivity contribution in [1.82, 2.24) is 19.8 Å². The highest BCUT2D eigenvalue weighted by Gasteiger charge is 2.13. The third-order valence-electron chi connectivity index (χ3n) is 4.78. The number of rotatable bonds is 6. The molecule has 11 heteroatoms. The van der Waals surface area contributed by atoms with E-state index in [9.17, 15) is 4.79 Å². The molecule has 5 rings (SSSR count). The predicted molar refractivity (Wildman–Crippen MR) is 135 cm³/mol. The van der Waals surface area contributed by atoms with Gasteiger partial charge in [-0.05, 0) is 41.8 Å². The highest BCUT2D eigenvalue weighted by atomic mass is 35.5. The van der Waals surface area contributed by atoms with Crippen molar-refractivity contribution in [3.8, 4) is 27.7 Å². The van der Waals surface area contributed by atoms with Crippen LogP contribution in [0.5, 0.6) is 5.75 Å². The minimum absolute atomic E-state index is 0.253. The third-order valence-corrected chi connectivity index (χ3v) is 6.66. The standard InChI is InChI=1S/C23H14Cl3N5O2S/c24-15-10-17(26)19(11-16(15)25)33-12-22(32)27-14-4-1-3-13(9-14)18-6-7-21-28-29-23(31(21)30-18)20-5-2-8-34-20/h1-11H,12H2,(H,27,32). The number of amides is 1. The van der Waals surface area contributed by atoms with Gasteiger partial charge in [0.25, 0.3) is 5.91 Å². The van der Waals surface area contributed by atoms with E-state index in [1.165, 1.54) is 12.1 Å². The molecule has 170 valence electrons. The van der Waals surface area contributed by atoms with Crippen molar-refractivity contribution in [2.45, 2.75) is 0 Å². The van der Waals surface area contributed by atoms with E-state index in [-0.39, 0.29) is 28.3 Å². The van der Waals surface area contributed by atoms with Crippen LogP contribution in [0.25, 0.3) is 27.6 Å². The van der Waals surface area contributed by atoms with E-state index in [2.05, 4.69) is 15.5 Å². The number of hydrogen-bond donors (Lipinski definition) is 1. The van der Waals surface area contributed by atoms with Gasteiger partial charge in [0.05, 0.1) is 25.6 Å². The number of benzene rings is 2. The van der Waals surface area contributed by atoms with Crippen LogP contribution in [0.1, 0.15) is 0 Å². The zero-order valence-corrected chi connectivity index (χ0v) is 20.3. The van der Waals surface area contributed by atoms with Gasteiger partial charge in [0.15, 0.2) is 18.1 Å². The fraction of sp³-hybridized carbons (Fsp3) is 0.0435. The maximum absolute atomic E-state index is 12.4. The van der Waals surface area contributed by atoms with Crippen LogP contribution < -0.4 is 10.1 Å². The summed E-state index contributed by atoms with van der Waals surface area (Å²) in [7, 11) is 0. The summed E-state index contributed by atoms with van der Waals surface area (Å²) >= 11 is 19.6. The van der Waals surface area contributed by atoms with Gasteiger partial charge in [-0.15, -0.1) is 21.5 Å². The number of thiophene rings is 1. The summed E-state index contributed by atoms with van der Waals surface area (Å²) in [6.07, 6.45) is 0. The molecule has 34 heavy (non-hydrogen) atoms. The van der Waals surface area contributed by atoms with Crippen LogP contribution in [-0.4, -0.2) is 32.3 Å². The molecule has 0 saturated heterocycles. The van der Waals surface area contributed by atoms with Gasteiger partial charge in [0, 0.05) is 17.3 Å². The predicted octanol–water partition coefficient (Wildman–Crippen LogP) is 6.50. The highest BCUT2D eigenvalue weighted by molar-refractivity contribution is 7.13. The molecule has 0 saturated carbocycles. The van der Waals surface area contributed by atoms with E-state index in [1.54, 1.807) is 21.9 Å². The van der Waals surface area contributed by atoms with Gasteiger partial charge >= 0.3 is 0 Å². The summed E-state index contributed by atoms with van der Waals surface area (Å²) in [5, 5.41) is 18.8. The van der Waals surface area contributed by atoms with Crippen LogP contribution >= 0.6 is 46.1 Å². The van der Waals surface area contributed by atoms with Crippen molar-refractivity contribution in [2.75, 3.05) is 11.9 Å². The van der Waals surface area contributed by atoms with Crippen LogP contribution in [0.3, 0.4) is 0 Å². The van der Waals surface area contributed by atoms with E-state index < -0.39 is 0 Å². The lowest BCUT2D eigenvalue weighted by Crippen LogP contribution is -2.20. The van der Waals surface area contributed by atoms with E-state index in [0.717, 1.165) is 10.4 Å². The van der Waals surface area contributed by atoms with E-state index in [0.29, 0.717) is 27.9 Å². The molecular formula is C23H14Cl3N5O2S. The summed E-state index contributed by atoms with van der Waals surface area (Å²) in [5.41, 5.74) is 2.77. The minimum atomic E-state index is -0.360. The molecule has 0 atom stereocenters. The summed E-state index contributed by atoms with van der Waals surface area (Å²) in [6.45, 7) is -0.253. The van der Waals surface area contributed by atoms with Crippen LogP contribution in [0.15, 0.2) is 66.0 Å². The second-order valence-electron chi connectivity index (χ2n) is 7.10. The van der Waals surface area contributed by atoms with E-state index in [4.69, 9.17) is 44.6 Å². The van der Waals surface area contributed by atoms with Gasteiger partial charge in [-0.2, -0.15) is 9.61 Å². The molecule has 1 amide bonds. The molecule has 0 aliphatic heterocycles. The molecule has 5 aromatic rings. The molecule has 0 unspecified atom stereocenters. The molecule has 0 fully saturated rings. The quantitative estimate of drug-likeness (QED) is 0.254. The van der Waals surface area contributed by atoms with Gasteiger partial charge < -0.3 is 10.1 Å². The number of anilines is 1. The normalized spacial score (nSPS) is 11.0. The SMILES string of the molecule is O=C(COc1cc(Cl)c(Cl)cc1Cl)Nc1cccc(-c2ccc3nnc(-c4cccs4)n3n2)c1. The van der Waals surface area contributed by atoms with Crippen LogP contribution in [0.4, 0.5) is 5.69 Å². The number of halogens is 3. The van der Waals surface area contributed by atoms with Gasteiger partial charge in [0.2, 0.25) is 0 Å². The average molecular weight is 531 g/mol. The van der Waals surface area contributed by atoms with Crippen molar-refractivity contribution in [1.29, 1.82) is 0 Å². The van der Waals surface area contributed by atoms with Crippen molar-refractivity contribution in [2.24, 2.45) is 0 Å². The lowest BCUT2D eigenvalue weighted by Gasteiger charge is -2.11. The molecular weight excluding hydrogens is 517 g/mol. The first-order valence-electron chi connectivity index (χ1n) is 9.92. The summed E-state index contributed by atoms with van der Waals surface area (Å²) < 4.78 is 7.20. The van der Waals surface area contributed by atoms with Crippen molar-refractivity contribution in [3.05, 3.63) is 81.1 Å². The Labute approximate surface area is 212 Å². The monoisotopic (exact) mass is 529 g/mol. The first-order valence-corrected chi connectivity index (χ1v) is 11.9. The van der Waals surface area contributed by atoms with Crippen molar-refractivity contribution >= 4 is 63.4 Å². The Morgan fingerprint density at radius 3 is 2.65 bits per heavy atom. The Morgan fingerprint density at radius 2 is 1.82 bits per heavy atom. The van der Waals surface area contributed by atoms with Crippen LogP contribution in [0, 0.1) is 0 Å². The molecule has 0 bridgehead atoms. The number of nitrogens with one attached hydrogen (secondary N) is 1. The first kappa shape index (κ1) is 22.6. The third kappa shape index (κ3) is 4.71. The maximum Gasteiger partial charge on any atom is 0.262 e. The second-order valence-corrected chi connectivity index (χ2v) is 9.27. The lowest BCUT2D eigenvalue weighted by molar-refractivity contribution is -0.118. The Hall–Kier alpha value is -3.17. The largest absolute Gasteiger partial charge is 0.482 e. The Balaban J connectivity index is 1.33. The van der Waals surface area contributed by atoms with Crippen LogP contribution in [0.2, 0.25) is 15.1 Å². The molecule has 2 aromatic carbocycles. The van der Waals surface area contributed by atoms with Gasteiger partial charge in [0.1, 0.15) is 5.75 Å². The fourth-order valence-corrected chi connectivity index (χ4v) is 4.50. The molecule has 0 aliphatic carbocycles. The lowest BCUT2D eigenvalue weighted by atomic mass is 10.1. The highest BCUT2D eigenvalue weighted by Crippen LogP contribution is 2.34. The number of nitrogens with zero attached hydrogens (tertiary/aromatic N) is 4. The average Bonchev–Trinajstić information content (AvgIpc) is 3.50. The second kappa shape index (κ2) is 9.60. The summed E-state index contributed by atoms with van der Waals surface area (Å²) in [6, 6.07) is 17.9. The Morgan fingerprint density at radius 1 is 0.971 bits per heavy atom.